The number of benzene rings is 1. The zero-order chi connectivity index (χ0) is 21.7. The van der Waals surface area contributed by atoms with Gasteiger partial charge in [0.15, 0.2) is 0 Å². The molecule has 6 nitrogen and oxygen atoms in total. The fraction of sp³-hybridized carbons (Fsp3) is 0.478. The summed E-state index contributed by atoms with van der Waals surface area (Å²) in [5.74, 6) is 0.488. The number of ether oxygens (including phenoxy) is 2. The fourth-order valence-corrected chi connectivity index (χ4v) is 3.62. The Labute approximate surface area is 176 Å². The van der Waals surface area contributed by atoms with Crippen LogP contribution in [0.1, 0.15) is 45.1 Å². The normalized spacial score (nSPS) is 18.2. The summed E-state index contributed by atoms with van der Waals surface area (Å²) < 4.78 is 26.1. The summed E-state index contributed by atoms with van der Waals surface area (Å²) in [6.45, 7) is 6.41. The summed E-state index contributed by atoms with van der Waals surface area (Å²) in [4.78, 5) is 17.1. The van der Waals surface area contributed by atoms with Gasteiger partial charge in [0.2, 0.25) is 5.82 Å². The number of aromatic nitrogens is 1. The van der Waals surface area contributed by atoms with E-state index in [9.17, 15) is 14.3 Å². The highest BCUT2D eigenvalue weighted by atomic mass is 19.1. The molecule has 162 valence electrons. The molecule has 2 heterocycles. The first-order valence-corrected chi connectivity index (χ1v) is 10.3. The van der Waals surface area contributed by atoms with Gasteiger partial charge in [-0.3, -0.25) is 0 Å². The Morgan fingerprint density at radius 2 is 2.03 bits per heavy atom. The smallest absolute Gasteiger partial charge is 0.252 e. The van der Waals surface area contributed by atoms with Crippen LogP contribution in [0.25, 0.3) is 0 Å². The molecule has 0 amide bonds. The number of halogens is 1. The average Bonchev–Trinajstić information content (AvgIpc) is 3.15. The molecule has 1 aromatic carbocycles. The van der Waals surface area contributed by atoms with Crippen LogP contribution in [0.3, 0.4) is 0 Å². The molecule has 0 spiro atoms. The third-order valence-electron chi connectivity index (χ3n) is 5.13. The Balaban J connectivity index is 1.59. The molecule has 1 fully saturated rings. The quantitative estimate of drug-likeness (QED) is 0.672. The lowest BCUT2D eigenvalue weighted by atomic mass is 9.96. The summed E-state index contributed by atoms with van der Waals surface area (Å²) in [5, 5.41) is 9.33. The number of hydrogen-bond donors (Lipinski definition) is 1. The van der Waals surface area contributed by atoms with Gasteiger partial charge >= 0.3 is 0 Å². The summed E-state index contributed by atoms with van der Waals surface area (Å²) in [6.07, 6.45) is 2.05. The van der Waals surface area contributed by atoms with Crippen molar-refractivity contribution in [2.45, 2.75) is 51.7 Å². The SMILES string of the molecule is CC(=O)C[C@@H](C)c1ccc(O[C@@H]2CCN(c3ccnc(OCC(C)O)c3F)C2)cc1. The second-order valence-corrected chi connectivity index (χ2v) is 7.96. The molecule has 3 atom stereocenters. The molecule has 0 radical (unpaired) electrons. The van der Waals surface area contributed by atoms with Crippen LogP contribution in [-0.4, -0.2) is 47.8 Å². The van der Waals surface area contributed by atoms with Gasteiger partial charge in [-0.25, -0.2) is 4.98 Å². The van der Waals surface area contributed by atoms with E-state index in [-0.39, 0.29) is 30.3 Å². The van der Waals surface area contributed by atoms with Crippen LogP contribution in [0.4, 0.5) is 10.1 Å². The molecule has 1 aliphatic rings. The minimum atomic E-state index is -0.698. The molecule has 7 heteroatoms. The first-order chi connectivity index (χ1) is 14.3. The lowest BCUT2D eigenvalue weighted by Crippen LogP contribution is -2.25. The van der Waals surface area contributed by atoms with Crippen LogP contribution < -0.4 is 14.4 Å². The van der Waals surface area contributed by atoms with Crippen LogP contribution in [0.2, 0.25) is 0 Å². The highest BCUT2D eigenvalue weighted by molar-refractivity contribution is 5.76. The van der Waals surface area contributed by atoms with E-state index in [2.05, 4.69) is 4.98 Å². The molecule has 1 aliphatic heterocycles. The minimum Gasteiger partial charge on any atom is -0.489 e. The molecule has 3 rings (SSSR count). The predicted molar refractivity (Wildman–Crippen MR) is 113 cm³/mol. The van der Waals surface area contributed by atoms with Crippen LogP contribution >= 0.6 is 0 Å². The largest absolute Gasteiger partial charge is 0.489 e. The Hall–Kier alpha value is -2.67. The number of aliphatic hydroxyl groups is 1. The van der Waals surface area contributed by atoms with Gasteiger partial charge in [0.1, 0.15) is 24.2 Å². The fourth-order valence-electron chi connectivity index (χ4n) is 3.62. The van der Waals surface area contributed by atoms with Gasteiger partial charge in [-0.15, -0.1) is 0 Å². The van der Waals surface area contributed by atoms with Crippen LogP contribution in [0.15, 0.2) is 36.5 Å². The zero-order valence-electron chi connectivity index (χ0n) is 17.7. The minimum absolute atomic E-state index is 0.0138. The van der Waals surface area contributed by atoms with E-state index in [1.165, 1.54) is 6.20 Å². The standard InChI is InChI=1S/C23H29FN2O4/c1-15(12-16(2)27)18-4-6-19(7-5-18)30-20-9-11-26(13-20)21-8-10-25-23(22(21)24)29-14-17(3)28/h4-8,10,15,17,20,28H,9,11-14H2,1-3H3/t15-,17?,20-/m1/s1. The van der Waals surface area contributed by atoms with E-state index >= 15 is 0 Å². The Kier molecular flexibility index (Phi) is 7.26. The molecule has 1 aromatic heterocycles. The van der Waals surface area contributed by atoms with Crippen LogP contribution in [0.5, 0.6) is 11.6 Å². The Morgan fingerprint density at radius 1 is 1.30 bits per heavy atom. The number of anilines is 1. The van der Waals surface area contributed by atoms with Crippen LogP contribution in [0, 0.1) is 5.82 Å². The van der Waals surface area contributed by atoms with E-state index in [1.807, 2.05) is 36.1 Å². The number of carbonyl (C=O) groups is 1. The van der Waals surface area contributed by atoms with Crippen LogP contribution in [-0.2, 0) is 4.79 Å². The second kappa shape index (κ2) is 9.89. The number of ketones is 1. The topological polar surface area (TPSA) is 71.9 Å². The maximum Gasteiger partial charge on any atom is 0.252 e. The van der Waals surface area contributed by atoms with Crippen molar-refractivity contribution in [3.63, 3.8) is 0 Å². The molecule has 1 unspecified atom stereocenters. The van der Waals surface area contributed by atoms with Gasteiger partial charge < -0.3 is 24.3 Å². The monoisotopic (exact) mass is 416 g/mol. The maximum atomic E-state index is 14.8. The third-order valence-corrected chi connectivity index (χ3v) is 5.13. The summed E-state index contributed by atoms with van der Waals surface area (Å²) in [7, 11) is 0. The summed E-state index contributed by atoms with van der Waals surface area (Å²) >= 11 is 0. The van der Waals surface area contributed by atoms with Crippen molar-refractivity contribution in [2.24, 2.45) is 0 Å². The van der Waals surface area contributed by atoms with Gasteiger partial charge in [-0.1, -0.05) is 19.1 Å². The van der Waals surface area contributed by atoms with E-state index < -0.39 is 11.9 Å². The number of Topliss-reactive ketones (excluding diaryl/α,β-unsaturated/α-hetero) is 1. The highest BCUT2D eigenvalue weighted by Crippen LogP contribution is 2.30. The average molecular weight is 416 g/mol. The van der Waals surface area contributed by atoms with E-state index in [0.717, 1.165) is 17.7 Å². The lowest BCUT2D eigenvalue weighted by Gasteiger charge is -2.20. The maximum absolute atomic E-state index is 14.8. The molecule has 30 heavy (non-hydrogen) atoms. The molecular formula is C23H29FN2O4. The van der Waals surface area contributed by atoms with Crippen molar-refractivity contribution < 1.29 is 23.8 Å². The molecule has 1 saturated heterocycles. The predicted octanol–water partition coefficient (Wildman–Crippen LogP) is 3.72. The highest BCUT2D eigenvalue weighted by Gasteiger charge is 2.27. The molecular weight excluding hydrogens is 387 g/mol. The van der Waals surface area contributed by atoms with E-state index in [4.69, 9.17) is 9.47 Å². The van der Waals surface area contributed by atoms with E-state index in [1.54, 1.807) is 19.9 Å². The summed E-state index contributed by atoms with van der Waals surface area (Å²) in [5.41, 5.74) is 1.53. The van der Waals surface area contributed by atoms with Gasteiger partial charge in [0, 0.05) is 25.6 Å². The van der Waals surface area contributed by atoms with Gasteiger partial charge in [-0.05, 0) is 43.5 Å². The Bertz CT molecular complexity index is 857. The molecule has 2 aromatic rings. The number of rotatable bonds is 9. The first kappa shape index (κ1) is 22.0. The summed E-state index contributed by atoms with van der Waals surface area (Å²) in [6, 6.07) is 9.44. The third kappa shape index (κ3) is 5.69. The second-order valence-electron chi connectivity index (χ2n) is 7.96. The van der Waals surface area contributed by atoms with Crippen molar-refractivity contribution in [2.75, 3.05) is 24.6 Å². The van der Waals surface area contributed by atoms with Gasteiger partial charge in [0.25, 0.3) is 5.88 Å². The van der Waals surface area contributed by atoms with Gasteiger partial charge in [0.05, 0.1) is 18.3 Å². The molecule has 0 saturated carbocycles. The lowest BCUT2D eigenvalue weighted by molar-refractivity contribution is -0.117. The van der Waals surface area contributed by atoms with Crippen molar-refractivity contribution >= 4 is 11.5 Å². The van der Waals surface area contributed by atoms with Gasteiger partial charge in [-0.2, -0.15) is 4.39 Å². The van der Waals surface area contributed by atoms with Crippen molar-refractivity contribution in [3.8, 4) is 11.6 Å². The number of nitrogens with zero attached hydrogens (tertiary/aromatic N) is 2. The Morgan fingerprint density at radius 3 is 2.70 bits per heavy atom. The number of aliphatic hydroxyl groups excluding tert-OH is 1. The van der Waals surface area contributed by atoms with Crippen molar-refractivity contribution in [1.29, 1.82) is 0 Å². The molecule has 0 aliphatic carbocycles. The first-order valence-electron chi connectivity index (χ1n) is 10.3. The van der Waals surface area contributed by atoms with Crippen molar-refractivity contribution in [1.82, 2.24) is 4.98 Å². The zero-order valence-corrected chi connectivity index (χ0v) is 17.7. The number of pyridine rings is 1. The number of carbonyl (C=O) groups excluding carboxylic acids is 1. The van der Waals surface area contributed by atoms with E-state index in [0.29, 0.717) is 25.2 Å². The van der Waals surface area contributed by atoms with Crippen molar-refractivity contribution in [3.05, 3.63) is 47.9 Å². The molecule has 1 N–H and O–H groups in total. The molecule has 0 bridgehead atoms. The number of hydrogen-bond acceptors (Lipinski definition) is 6.